The van der Waals surface area contributed by atoms with Gasteiger partial charge in [0.05, 0.1) is 6.10 Å². The van der Waals surface area contributed by atoms with Crippen LogP contribution in [0.5, 0.6) is 0 Å². The highest BCUT2D eigenvalue weighted by molar-refractivity contribution is 7.85. The lowest BCUT2D eigenvalue weighted by molar-refractivity contribution is 0.128. The highest BCUT2D eigenvalue weighted by atomic mass is 32.2. The summed E-state index contributed by atoms with van der Waals surface area (Å²) < 4.78 is 17.8. The molecule has 1 aliphatic rings. The average molecular weight is 295 g/mol. The Morgan fingerprint density at radius 1 is 1.35 bits per heavy atom. The van der Waals surface area contributed by atoms with Crippen LogP contribution in [-0.4, -0.2) is 28.4 Å². The van der Waals surface area contributed by atoms with Gasteiger partial charge in [0, 0.05) is 35.0 Å². The summed E-state index contributed by atoms with van der Waals surface area (Å²) in [5, 5.41) is 0. The van der Waals surface area contributed by atoms with Crippen LogP contribution in [0.2, 0.25) is 0 Å². The van der Waals surface area contributed by atoms with Crippen molar-refractivity contribution in [1.29, 1.82) is 0 Å². The first-order chi connectivity index (χ1) is 9.47. The molecule has 2 rings (SSSR count). The molecule has 0 bridgehead atoms. The first-order valence-electron chi connectivity index (χ1n) is 7.27. The molecule has 3 unspecified atom stereocenters. The third kappa shape index (κ3) is 3.90. The van der Waals surface area contributed by atoms with E-state index < -0.39 is 10.8 Å². The van der Waals surface area contributed by atoms with Gasteiger partial charge in [-0.2, -0.15) is 0 Å². The second-order valence-electron chi connectivity index (χ2n) is 5.83. The molecule has 0 saturated carbocycles. The van der Waals surface area contributed by atoms with Crippen LogP contribution in [0.15, 0.2) is 12.1 Å². The molecule has 1 aliphatic heterocycles. The lowest BCUT2D eigenvalue weighted by atomic mass is 9.95. The second kappa shape index (κ2) is 6.83. The molecular formula is C16H25NO2S. The summed E-state index contributed by atoms with van der Waals surface area (Å²) in [5.74, 6) is 1.14. The van der Waals surface area contributed by atoms with Gasteiger partial charge in [0.2, 0.25) is 0 Å². The number of hydrogen-bond donors (Lipinski definition) is 1. The molecule has 1 aromatic carbocycles. The molecular weight excluding hydrogens is 270 g/mol. The summed E-state index contributed by atoms with van der Waals surface area (Å²) in [7, 11) is -0.912. The Hall–Kier alpha value is -0.710. The van der Waals surface area contributed by atoms with Crippen LogP contribution in [-0.2, 0) is 15.5 Å². The number of benzene rings is 1. The largest absolute Gasteiger partial charge is 0.377 e. The fourth-order valence-corrected chi connectivity index (χ4v) is 4.49. The van der Waals surface area contributed by atoms with Gasteiger partial charge in [-0.15, -0.1) is 0 Å². The molecule has 2 N–H and O–H groups in total. The monoisotopic (exact) mass is 295 g/mol. The molecule has 112 valence electrons. The Balaban J connectivity index is 2.00. The topological polar surface area (TPSA) is 52.3 Å². The van der Waals surface area contributed by atoms with Crippen molar-refractivity contribution < 1.29 is 8.95 Å². The molecule has 1 aromatic rings. The SMILES string of the molecule is Cc1cc(C)c(C(N)CS(=O)CC2CCCO2)c(C)c1. The van der Waals surface area contributed by atoms with Gasteiger partial charge in [-0.3, -0.25) is 4.21 Å². The van der Waals surface area contributed by atoms with E-state index in [-0.39, 0.29) is 12.1 Å². The minimum atomic E-state index is -0.912. The van der Waals surface area contributed by atoms with Crippen molar-refractivity contribution in [2.75, 3.05) is 18.1 Å². The van der Waals surface area contributed by atoms with Gasteiger partial charge >= 0.3 is 0 Å². The Morgan fingerprint density at radius 2 is 2.00 bits per heavy atom. The van der Waals surface area contributed by atoms with E-state index in [9.17, 15) is 4.21 Å². The van der Waals surface area contributed by atoms with E-state index in [1.165, 1.54) is 16.7 Å². The first kappa shape index (κ1) is 15.7. The van der Waals surface area contributed by atoms with E-state index in [4.69, 9.17) is 10.5 Å². The maximum Gasteiger partial charge on any atom is 0.0691 e. The molecule has 0 amide bonds. The van der Waals surface area contributed by atoms with E-state index in [1.54, 1.807) is 0 Å². The van der Waals surface area contributed by atoms with Gasteiger partial charge in [-0.1, -0.05) is 17.7 Å². The highest BCUT2D eigenvalue weighted by Gasteiger charge is 2.21. The minimum absolute atomic E-state index is 0.155. The van der Waals surface area contributed by atoms with Crippen molar-refractivity contribution in [3.63, 3.8) is 0 Å². The van der Waals surface area contributed by atoms with Crippen molar-refractivity contribution >= 4 is 10.8 Å². The van der Waals surface area contributed by atoms with Crippen LogP contribution < -0.4 is 5.73 Å². The quantitative estimate of drug-likeness (QED) is 0.908. The number of aryl methyl sites for hydroxylation is 3. The van der Waals surface area contributed by atoms with Crippen LogP contribution in [0.4, 0.5) is 0 Å². The fourth-order valence-electron chi connectivity index (χ4n) is 3.11. The standard InChI is InChI=1S/C16H25NO2S/c1-11-7-12(2)16(13(3)8-11)15(17)10-20(18)9-14-5-4-6-19-14/h7-8,14-15H,4-6,9-10,17H2,1-3H3. The molecule has 3 atom stereocenters. The molecule has 0 aliphatic carbocycles. The summed E-state index contributed by atoms with van der Waals surface area (Å²) in [6.45, 7) is 7.06. The Bertz CT molecular complexity index is 472. The highest BCUT2D eigenvalue weighted by Crippen LogP contribution is 2.23. The predicted molar refractivity (Wildman–Crippen MR) is 84.4 cm³/mol. The third-order valence-electron chi connectivity index (χ3n) is 3.87. The lowest BCUT2D eigenvalue weighted by Gasteiger charge is -2.19. The van der Waals surface area contributed by atoms with Crippen LogP contribution in [0, 0.1) is 20.8 Å². The first-order valence-corrected chi connectivity index (χ1v) is 8.76. The van der Waals surface area contributed by atoms with Gasteiger partial charge in [-0.25, -0.2) is 0 Å². The number of hydrogen-bond acceptors (Lipinski definition) is 3. The average Bonchev–Trinajstić information content (AvgIpc) is 2.79. The molecule has 0 spiro atoms. The van der Waals surface area contributed by atoms with Gasteiger partial charge in [-0.05, 0) is 50.3 Å². The van der Waals surface area contributed by atoms with E-state index in [2.05, 4.69) is 32.9 Å². The van der Waals surface area contributed by atoms with Crippen molar-refractivity contribution in [2.45, 2.75) is 45.8 Å². The van der Waals surface area contributed by atoms with Gasteiger partial charge in [0.15, 0.2) is 0 Å². The zero-order valence-corrected chi connectivity index (χ0v) is 13.5. The maximum absolute atomic E-state index is 12.2. The Kier molecular flexibility index (Phi) is 5.35. The minimum Gasteiger partial charge on any atom is -0.377 e. The third-order valence-corrected chi connectivity index (χ3v) is 5.34. The van der Waals surface area contributed by atoms with Gasteiger partial charge < -0.3 is 10.5 Å². The van der Waals surface area contributed by atoms with Crippen LogP contribution >= 0.6 is 0 Å². The lowest BCUT2D eigenvalue weighted by Crippen LogP contribution is -2.25. The number of rotatable bonds is 5. The van der Waals surface area contributed by atoms with Gasteiger partial charge in [0.1, 0.15) is 0 Å². The van der Waals surface area contributed by atoms with Crippen molar-refractivity contribution in [3.8, 4) is 0 Å². The second-order valence-corrected chi connectivity index (χ2v) is 7.37. The van der Waals surface area contributed by atoms with E-state index in [0.717, 1.165) is 25.0 Å². The van der Waals surface area contributed by atoms with Crippen LogP contribution in [0.25, 0.3) is 0 Å². The van der Waals surface area contributed by atoms with Crippen molar-refractivity contribution in [3.05, 3.63) is 34.4 Å². The smallest absolute Gasteiger partial charge is 0.0691 e. The normalized spacial score (nSPS) is 21.9. The molecule has 1 saturated heterocycles. The Labute approximate surface area is 124 Å². The zero-order chi connectivity index (χ0) is 14.7. The molecule has 1 fully saturated rings. The van der Waals surface area contributed by atoms with Crippen LogP contribution in [0.1, 0.15) is 41.1 Å². The van der Waals surface area contributed by atoms with Crippen molar-refractivity contribution in [2.24, 2.45) is 5.73 Å². The van der Waals surface area contributed by atoms with E-state index in [0.29, 0.717) is 11.5 Å². The van der Waals surface area contributed by atoms with Crippen LogP contribution in [0.3, 0.4) is 0 Å². The Morgan fingerprint density at radius 3 is 2.55 bits per heavy atom. The summed E-state index contributed by atoms with van der Waals surface area (Å²) in [6.07, 6.45) is 2.29. The molecule has 20 heavy (non-hydrogen) atoms. The number of ether oxygens (including phenoxy) is 1. The molecule has 1 heterocycles. The summed E-state index contributed by atoms with van der Waals surface area (Å²) >= 11 is 0. The van der Waals surface area contributed by atoms with Crippen molar-refractivity contribution in [1.82, 2.24) is 0 Å². The molecule has 4 heteroatoms. The zero-order valence-electron chi connectivity index (χ0n) is 12.6. The fraction of sp³-hybridized carbons (Fsp3) is 0.625. The van der Waals surface area contributed by atoms with E-state index in [1.807, 2.05) is 0 Å². The molecule has 3 nitrogen and oxygen atoms in total. The predicted octanol–water partition coefficient (Wildman–Crippen LogP) is 2.54. The molecule has 0 radical (unpaired) electrons. The summed E-state index contributed by atoms with van der Waals surface area (Å²) in [6, 6.07) is 4.13. The number of nitrogens with two attached hydrogens (primary N) is 1. The summed E-state index contributed by atoms with van der Waals surface area (Å²) in [5.41, 5.74) is 11.1. The summed E-state index contributed by atoms with van der Waals surface area (Å²) in [4.78, 5) is 0. The maximum atomic E-state index is 12.2. The molecule has 0 aromatic heterocycles. The van der Waals surface area contributed by atoms with Gasteiger partial charge in [0.25, 0.3) is 0 Å². The van der Waals surface area contributed by atoms with E-state index >= 15 is 0 Å².